The Morgan fingerprint density at radius 3 is 2.57 bits per heavy atom. The van der Waals surface area contributed by atoms with Crippen LogP contribution in [0.25, 0.3) is 0 Å². The molecule has 1 aromatic carbocycles. The monoisotopic (exact) mass is 317 g/mol. The highest BCUT2D eigenvalue weighted by Crippen LogP contribution is 2.25. The molecule has 2 aromatic rings. The lowest BCUT2D eigenvalue weighted by molar-refractivity contribution is 0.627. The molecule has 5 heteroatoms. The van der Waals surface area contributed by atoms with Gasteiger partial charge in [0.25, 0.3) is 0 Å². The summed E-state index contributed by atoms with van der Waals surface area (Å²) in [4.78, 5) is 5.62. The van der Waals surface area contributed by atoms with Gasteiger partial charge in [-0.15, -0.1) is 0 Å². The fourth-order valence-electron chi connectivity index (χ4n) is 1.60. The zero-order valence-corrected chi connectivity index (χ0v) is 13.8. The van der Waals surface area contributed by atoms with Crippen LogP contribution in [0, 0.1) is 5.92 Å². The van der Waals surface area contributed by atoms with E-state index in [2.05, 4.69) is 41.6 Å². The summed E-state index contributed by atoms with van der Waals surface area (Å²) < 4.78 is 0. The van der Waals surface area contributed by atoms with Crippen LogP contribution in [0.3, 0.4) is 0 Å². The third-order valence-corrected chi connectivity index (χ3v) is 3.84. The minimum absolute atomic E-state index is 0.563. The van der Waals surface area contributed by atoms with Crippen LogP contribution >= 0.6 is 24.0 Å². The van der Waals surface area contributed by atoms with Crippen LogP contribution in [0.1, 0.15) is 13.8 Å². The molecule has 2 rings (SSSR count). The van der Waals surface area contributed by atoms with Gasteiger partial charge in [0.2, 0.25) is 0 Å². The smallest absolute Gasteiger partial charge is 0.170 e. The maximum atomic E-state index is 5.24. The maximum absolute atomic E-state index is 5.24. The maximum Gasteiger partial charge on any atom is 0.170 e. The number of rotatable bonds is 5. The van der Waals surface area contributed by atoms with Gasteiger partial charge in [0, 0.05) is 11.4 Å². The van der Waals surface area contributed by atoms with Crippen LogP contribution in [0.5, 0.6) is 0 Å². The molecule has 0 fully saturated rings. The summed E-state index contributed by atoms with van der Waals surface area (Å²) in [5.74, 6) is 0.563. The van der Waals surface area contributed by atoms with Crippen LogP contribution in [0.15, 0.2) is 58.6 Å². The Morgan fingerprint density at radius 2 is 1.95 bits per heavy atom. The van der Waals surface area contributed by atoms with E-state index in [0.29, 0.717) is 11.0 Å². The number of thiocarbonyl (C=S) groups is 1. The van der Waals surface area contributed by atoms with Gasteiger partial charge in [0.05, 0.1) is 11.9 Å². The first-order chi connectivity index (χ1) is 10.1. The third kappa shape index (κ3) is 5.73. The molecule has 0 amide bonds. The van der Waals surface area contributed by atoms with Gasteiger partial charge in [0.1, 0.15) is 5.03 Å². The van der Waals surface area contributed by atoms with Crippen LogP contribution in [0.4, 0.5) is 5.69 Å². The van der Waals surface area contributed by atoms with Crippen LogP contribution in [0.2, 0.25) is 0 Å². The van der Waals surface area contributed by atoms with Crippen molar-refractivity contribution in [3.63, 3.8) is 0 Å². The molecule has 0 saturated heterocycles. The highest BCUT2D eigenvalue weighted by molar-refractivity contribution is 7.99. The SMILES string of the molecule is CC(C)CNC(=S)Nc1ccc(Sc2ccccc2)nc1. The van der Waals surface area contributed by atoms with Crippen molar-refractivity contribution in [1.29, 1.82) is 0 Å². The third-order valence-electron chi connectivity index (χ3n) is 2.63. The molecule has 0 saturated carbocycles. The predicted octanol–water partition coefficient (Wildman–Crippen LogP) is 4.18. The van der Waals surface area contributed by atoms with Crippen molar-refractivity contribution < 1.29 is 0 Å². The van der Waals surface area contributed by atoms with E-state index in [4.69, 9.17) is 12.2 Å². The number of benzene rings is 1. The van der Waals surface area contributed by atoms with E-state index in [1.165, 1.54) is 4.90 Å². The second-order valence-corrected chi connectivity index (χ2v) is 6.53. The first-order valence-corrected chi connectivity index (χ1v) is 8.10. The summed E-state index contributed by atoms with van der Waals surface area (Å²) in [6.45, 7) is 5.15. The predicted molar refractivity (Wildman–Crippen MR) is 93.9 cm³/mol. The molecule has 3 nitrogen and oxygen atoms in total. The van der Waals surface area contributed by atoms with E-state index in [0.717, 1.165) is 17.3 Å². The molecule has 0 atom stereocenters. The van der Waals surface area contributed by atoms with Gasteiger partial charge in [-0.05, 0) is 42.4 Å². The van der Waals surface area contributed by atoms with Crippen LogP contribution in [-0.4, -0.2) is 16.6 Å². The summed E-state index contributed by atoms with van der Waals surface area (Å²) in [5, 5.41) is 7.91. The van der Waals surface area contributed by atoms with E-state index in [1.54, 1.807) is 18.0 Å². The van der Waals surface area contributed by atoms with Crippen molar-refractivity contribution in [1.82, 2.24) is 10.3 Å². The van der Waals surface area contributed by atoms with Gasteiger partial charge in [-0.3, -0.25) is 0 Å². The summed E-state index contributed by atoms with van der Waals surface area (Å²) in [6.07, 6.45) is 1.80. The molecule has 0 aliphatic carbocycles. The average Bonchev–Trinajstić information content (AvgIpc) is 2.48. The molecule has 0 unspecified atom stereocenters. The van der Waals surface area contributed by atoms with Gasteiger partial charge in [-0.1, -0.05) is 43.8 Å². The fourth-order valence-corrected chi connectivity index (χ4v) is 2.57. The Morgan fingerprint density at radius 1 is 1.19 bits per heavy atom. The van der Waals surface area contributed by atoms with Crippen molar-refractivity contribution in [2.45, 2.75) is 23.8 Å². The molecule has 2 N–H and O–H groups in total. The number of hydrogen-bond donors (Lipinski definition) is 2. The molecular formula is C16H19N3S2. The topological polar surface area (TPSA) is 37.0 Å². The van der Waals surface area contributed by atoms with E-state index in [9.17, 15) is 0 Å². The van der Waals surface area contributed by atoms with Crippen molar-refractivity contribution in [3.8, 4) is 0 Å². The van der Waals surface area contributed by atoms with Gasteiger partial charge < -0.3 is 10.6 Å². The molecular weight excluding hydrogens is 298 g/mol. The zero-order chi connectivity index (χ0) is 15.1. The Labute approximate surface area is 135 Å². The molecule has 0 aliphatic heterocycles. The van der Waals surface area contributed by atoms with Gasteiger partial charge in [-0.25, -0.2) is 4.98 Å². The first-order valence-electron chi connectivity index (χ1n) is 6.87. The number of aromatic nitrogens is 1. The minimum Gasteiger partial charge on any atom is -0.362 e. The molecule has 0 spiro atoms. The Hall–Kier alpha value is -1.59. The van der Waals surface area contributed by atoms with Crippen molar-refractivity contribution in [3.05, 3.63) is 48.7 Å². The van der Waals surface area contributed by atoms with Crippen molar-refractivity contribution in [2.24, 2.45) is 5.92 Å². The highest BCUT2D eigenvalue weighted by Gasteiger charge is 2.01. The van der Waals surface area contributed by atoms with Crippen LogP contribution in [-0.2, 0) is 0 Å². The minimum atomic E-state index is 0.563. The fraction of sp³-hybridized carbons (Fsp3) is 0.250. The van der Waals surface area contributed by atoms with E-state index in [-0.39, 0.29) is 0 Å². The lowest BCUT2D eigenvalue weighted by Crippen LogP contribution is -2.31. The second-order valence-electron chi connectivity index (χ2n) is 5.03. The lowest BCUT2D eigenvalue weighted by atomic mass is 10.2. The molecule has 21 heavy (non-hydrogen) atoms. The number of nitrogens with zero attached hydrogens (tertiary/aromatic N) is 1. The van der Waals surface area contributed by atoms with Gasteiger partial charge in [-0.2, -0.15) is 0 Å². The molecule has 1 aromatic heterocycles. The van der Waals surface area contributed by atoms with Gasteiger partial charge in [0.15, 0.2) is 5.11 Å². The largest absolute Gasteiger partial charge is 0.362 e. The summed E-state index contributed by atoms with van der Waals surface area (Å²) >= 11 is 6.88. The Bertz CT molecular complexity index is 568. The van der Waals surface area contributed by atoms with Crippen molar-refractivity contribution in [2.75, 3.05) is 11.9 Å². The van der Waals surface area contributed by atoms with E-state index in [1.807, 2.05) is 30.3 Å². The number of nitrogens with one attached hydrogen (secondary N) is 2. The van der Waals surface area contributed by atoms with Crippen molar-refractivity contribution >= 4 is 34.8 Å². The molecule has 110 valence electrons. The summed E-state index contributed by atoms with van der Waals surface area (Å²) in [5.41, 5.74) is 0.897. The number of anilines is 1. The molecule has 0 aliphatic rings. The summed E-state index contributed by atoms with van der Waals surface area (Å²) in [6, 6.07) is 14.2. The highest BCUT2D eigenvalue weighted by atomic mass is 32.2. The standard InChI is InChI=1S/C16H19N3S2/c1-12(2)10-18-16(20)19-13-8-9-15(17-11-13)21-14-6-4-3-5-7-14/h3-9,11-12H,10H2,1-2H3,(H2,18,19,20). The lowest BCUT2D eigenvalue weighted by Gasteiger charge is -2.12. The average molecular weight is 317 g/mol. The summed E-state index contributed by atoms with van der Waals surface area (Å²) in [7, 11) is 0. The normalized spacial score (nSPS) is 10.4. The number of hydrogen-bond acceptors (Lipinski definition) is 3. The first kappa shape index (κ1) is 15.8. The number of pyridine rings is 1. The zero-order valence-electron chi connectivity index (χ0n) is 12.2. The second kappa shape index (κ2) is 8.00. The molecule has 0 radical (unpaired) electrons. The van der Waals surface area contributed by atoms with E-state index < -0.39 is 0 Å². The molecule has 0 bridgehead atoms. The van der Waals surface area contributed by atoms with Gasteiger partial charge >= 0.3 is 0 Å². The van der Waals surface area contributed by atoms with Crippen LogP contribution < -0.4 is 10.6 Å². The molecule has 1 heterocycles. The van der Waals surface area contributed by atoms with E-state index >= 15 is 0 Å². The Kier molecular flexibility index (Phi) is 6.02. The quantitative estimate of drug-likeness (QED) is 0.809. The Balaban J connectivity index is 1.88.